The summed E-state index contributed by atoms with van der Waals surface area (Å²) in [5.74, 6) is 1.33. The lowest BCUT2D eigenvalue weighted by Crippen LogP contribution is -2.34. The van der Waals surface area contributed by atoms with Crippen molar-refractivity contribution in [1.82, 2.24) is 4.90 Å². The molecule has 0 unspecified atom stereocenters. The molecule has 0 N–H and O–H groups in total. The Morgan fingerprint density at radius 3 is 2.76 bits per heavy atom. The number of hydrogen-bond donors (Lipinski definition) is 0. The highest BCUT2D eigenvalue weighted by molar-refractivity contribution is 5.83. The molecular weight excluding hydrogens is 322 g/mol. The summed E-state index contributed by atoms with van der Waals surface area (Å²) < 4.78 is 15.9. The Kier molecular flexibility index (Phi) is 5.16. The first-order valence-electron chi connectivity index (χ1n) is 8.77. The van der Waals surface area contributed by atoms with Gasteiger partial charge >= 0.3 is 5.97 Å². The first-order valence-corrected chi connectivity index (χ1v) is 8.77. The monoisotopic (exact) mass is 347 g/mol. The minimum absolute atomic E-state index is 0.0548. The SMILES string of the molecule is CCOC(=O)[C@H]1[C@@H]2CCCC(=O)N(Cc3ccc(OC)cc3OC)[C@@H]21. The fourth-order valence-electron chi connectivity index (χ4n) is 3.84. The van der Waals surface area contributed by atoms with Crippen LogP contribution in [0, 0.1) is 11.8 Å². The lowest BCUT2D eigenvalue weighted by atomic mass is 10.1. The van der Waals surface area contributed by atoms with Crippen LogP contribution in [0.3, 0.4) is 0 Å². The van der Waals surface area contributed by atoms with Crippen LogP contribution in [0.2, 0.25) is 0 Å². The summed E-state index contributed by atoms with van der Waals surface area (Å²) in [6.07, 6.45) is 2.25. The highest BCUT2D eigenvalue weighted by Crippen LogP contribution is 2.50. The average Bonchev–Trinajstić information content (AvgIpc) is 3.34. The number of amides is 1. The third-order valence-electron chi connectivity index (χ3n) is 5.13. The van der Waals surface area contributed by atoms with E-state index < -0.39 is 0 Å². The van der Waals surface area contributed by atoms with E-state index in [9.17, 15) is 9.59 Å². The van der Waals surface area contributed by atoms with Crippen molar-refractivity contribution in [3.8, 4) is 11.5 Å². The number of carbonyl (C=O) groups excluding carboxylic acids is 2. The molecule has 0 radical (unpaired) electrons. The first kappa shape index (κ1) is 17.6. The van der Waals surface area contributed by atoms with Crippen LogP contribution in [-0.2, 0) is 20.9 Å². The molecule has 1 aliphatic heterocycles. The van der Waals surface area contributed by atoms with Crippen molar-refractivity contribution < 1.29 is 23.8 Å². The van der Waals surface area contributed by atoms with Gasteiger partial charge in [-0.25, -0.2) is 0 Å². The molecule has 1 amide bonds. The second-order valence-corrected chi connectivity index (χ2v) is 6.52. The summed E-state index contributed by atoms with van der Waals surface area (Å²) in [6, 6.07) is 5.52. The molecular formula is C19H25NO5. The molecule has 6 heteroatoms. The van der Waals surface area contributed by atoms with Crippen LogP contribution >= 0.6 is 0 Å². The molecule has 1 saturated heterocycles. The smallest absolute Gasteiger partial charge is 0.311 e. The van der Waals surface area contributed by atoms with Gasteiger partial charge in [-0.15, -0.1) is 0 Å². The van der Waals surface area contributed by atoms with E-state index in [1.807, 2.05) is 23.1 Å². The molecule has 136 valence electrons. The number of methoxy groups -OCH3 is 2. The molecule has 1 aliphatic carbocycles. The van der Waals surface area contributed by atoms with E-state index in [2.05, 4.69) is 0 Å². The number of ether oxygens (including phenoxy) is 3. The predicted molar refractivity (Wildman–Crippen MR) is 91.3 cm³/mol. The third kappa shape index (κ3) is 3.43. The zero-order chi connectivity index (χ0) is 18.0. The second-order valence-electron chi connectivity index (χ2n) is 6.52. The molecule has 2 aliphatic rings. The van der Waals surface area contributed by atoms with E-state index in [0.29, 0.717) is 31.1 Å². The summed E-state index contributed by atoms with van der Waals surface area (Å²) >= 11 is 0. The van der Waals surface area contributed by atoms with E-state index in [0.717, 1.165) is 18.4 Å². The molecule has 25 heavy (non-hydrogen) atoms. The summed E-state index contributed by atoms with van der Waals surface area (Å²) in [5.41, 5.74) is 0.909. The third-order valence-corrected chi connectivity index (χ3v) is 5.13. The summed E-state index contributed by atoms with van der Waals surface area (Å²) in [5, 5.41) is 0. The minimum Gasteiger partial charge on any atom is -0.497 e. The molecule has 3 atom stereocenters. The number of nitrogens with zero attached hydrogens (tertiary/aromatic N) is 1. The van der Waals surface area contributed by atoms with Crippen molar-refractivity contribution in [2.24, 2.45) is 11.8 Å². The van der Waals surface area contributed by atoms with E-state index >= 15 is 0 Å². The Morgan fingerprint density at radius 2 is 2.08 bits per heavy atom. The zero-order valence-electron chi connectivity index (χ0n) is 15.0. The first-order chi connectivity index (χ1) is 12.1. The molecule has 0 aromatic heterocycles. The van der Waals surface area contributed by atoms with Gasteiger partial charge in [0.05, 0.1) is 26.7 Å². The summed E-state index contributed by atoms with van der Waals surface area (Å²) in [4.78, 5) is 26.6. The number of benzene rings is 1. The maximum absolute atomic E-state index is 12.6. The molecule has 2 fully saturated rings. The van der Waals surface area contributed by atoms with Crippen LogP contribution in [0.4, 0.5) is 0 Å². The van der Waals surface area contributed by atoms with Crippen LogP contribution in [0.5, 0.6) is 11.5 Å². The maximum Gasteiger partial charge on any atom is 0.311 e. The fraction of sp³-hybridized carbons (Fsp3) is 0.579. The van der Waals surface area contributed by atoms with E-state index in [1.54, 1.807) is 21.1 Å². The lowest BCUT2D eigenvalue weighted by Gasteiger charge is -2.24. The molecule has 0 spiro atoms. The van der Waals surface area contributed by atoms with Gasteiger partial charge in [0.25, 0.3) is 0 Å². The van der Waals surface area contributed by atoms with Crippen molar-refractivity contribution >= 4 is 11.9 Å². The van der Waals surface area contributed by atoms with Gasteiger partial charge in [-0.05, 0) is 37.8 Å². The number of fused-ring (bicyclic) bond motifs is 1. The highest BCUT2D eigenvalue weighted by atomic mass is 16.5. The number of rotatable bonds is 6. The number of esters is 1. The average molecular weight is 347 g/mol. The highest BCUT2D eigenvalue weighted by Gasteiger charge is 2.60. The quantitative estimate of drug-likeness (QED) is 0.739. The Morgan fingerprint density at radius 1 is 1.28 bits per heavy atom. The molecule has 1 aromatic rings. The molecule has 1 heterocycles. The Bertz CT molecular complexity index is 659. The Hall–Kier alpha value is -2.24. The van der Waals surface area contributed by atoms with Gasteiger partial charge < -0.3 is 19.1 Å². The normalized spacial score (nSPS) is 25.0. The van der Waals surface area contributed by atoms with Gasteiger partial charge in [0.15, 0.2) is 0 Å². The predicted octanol–water partition coefficient (Wildman–Crippen LogP) is 2.39. The Balaban J connectivity index is 1.82. The number of hydrogen-bond acceptors (Lipinski definition) is 5. The van der Waals surface area contributed by atoms with Crippen LogP contribution in [-0.4, -0.2) is 43.6 Å². The molecule has 1 saturated carbocycles. The molecule has 0 bridgehead atoms. The van der Waals surface area contributed by atoms with Gasteiger partial charge in [0, 0.05) is 30.6 Å². The van der Waals surface area contributed by atoms with Gasteiger partial charge in [0.2, 0.25) is 5.91 Å². The van der Waals surface area contributed by atoms with Crippen molar-refractivity contribution in [3.63, 3.8) is 0 Å². The second kappa shape index (κ2) is 7.33. The number of carbonyl (C=O) groups is 2. The van der Waals surface area contributed by atoms with E-state index in [-0.39, 0.29) is 29.8 Å². The van der Waals surface area contributed by atoms with Crippen molar-refractivity contribution in [2.45, 2.75) is 38.8 Å². The standard InChI is InChI=1S/C19H25NO5/c1-4-25-19(22)17-14-6-5-7-16(21)20(18(14)17)11-12-8-9-13(23-2)10-15(12)24-3/h8-10,14,17-18H,4-7,11H2,1-3H3/t14-,17-,18-/m0/s1. The van der Waals surface area contributed by atoms with Crippen molar-refractivity contribution in [3.05, 3.63) is 23.8 Å². The summed E-state index contributed by atoms with van der Waals surface area (Å²) in [7, 11) is 3.20. The minimum atomic E-state index is -0.187. The zero-order valence-corrected chi connectivity index (χ0v) is 15.0. The molecule has 3 rings (SSSR count). The summed E-state index contributed by atoms with van der Waals surface area (Å²) in [6.45, 7) is 2.61. The van der Waals surface area contributed by atoms with Crippen molar-refractivity contribution in [1.29, 1.82) is 0 Å². The maximum atomic E-state index is 12.6. The van der Waals surface area contributed by atoms with Gasteiger partial charge in [-0.3, -0.25) is 9.59 Å². The van der Waals surface area contributed by atoms with Gasteiger partial charge in [0.1, 0.15) is 11.5 Å². The van der Waals surface area contributed by atoms with Gasteiger partial charge in [-0.2, -0.15) is 0 Å². The largest absolute Gasteiger partial charge is 0.497 e. The van der Waals surface area contributed by atoms with Gasteiger partial charge in [-0.1, -0.05) is 0 Å². The molecule has 6 nitrogen and oxygen atoms in total. The van der Waals surface area contributed by atoms with Crippen LogP contribution in [0.15, 0.2) is 18.2 Å². The van der Waals surface area contributed by atoms with Crippen molar-refractivity contribution in [2.75, 3.05) is 20.8 Å². The Labute approximate surface area is 148 Å². The fourth-order valence-corrected chi connectivity index (χ4v) is 3.84. The van der Waals surface area contributed by atoms with E-state index in [1.165, 1.54) is 0 Å². The lowest BCUT2D eigenvalue weighted by molar-refractivity contribution is -0.146. The van der Waals surface area contributed by atoms with Crippen LogP contribution < -0.4 is 9.47 Å². The topological polar surface area (TPSA) is 65.1 Å². The molecule has 1 aromatic carbocycles. The van der Waals surface area contributed by atoms with Crippen LogP contribution in [0.1, 0.15) is 31.7 Å². The van der Waals surface area contributed by atoms with Crippen LogP contribution in [0.25, 0.3) is 0 Å². The number of likely N-dealkylation sites (tertiary alicyclic amines) is 1. The van der Waals surface area contributed by atoms with E-state index in [4.69, 9.17) is 14.2 Å².